The zero-order valence-corrected chi connectivity index (χ0v) is 14.1. The summed E-state index contributed by atoms with van der Waals surface area (Å²) >= 11 is 9.59. The number of anilines is 1. The minimum atomic E-state index is 0.533. The fraction of sp³-hybridized carbons (Fsp3) is 0.600. The largest absolute Gasteiger partial charge is 0.368 e. The Morgan fingerprint density at radius 3 is 2.79 bits per heavy atom. The molecule has 1 heterocycles. The number of rotatable bonds is 3. The predicted octanol–water partition coefficient (Wildman–Crippen LogP) is 4.32. The highest BCUT2D eigenvalue weighted by Crippen LogP contribution is 2.32. The third-order valence-corrected chi connectivity index (χ3v) is 5.48. The molecule has 1 saturated heterocycles. The quantitative estimate of drug-likeness (QED) is 0.878. The molecule has 1 aromatic rings. The smallest absolute Gasteiger partial charge is 0.0549 e. The molecule has 0 spiro atoms. The summed E-state index contributed by atoms with van der Waals surface area (Å²) < 4.78 is 0.973. The lowest BCUT2D eigenvalue weighted by Gasteiger charge is -2.44. The van der Waals surface area contributed by atoms with Gasteiger partial charge in [-0.05, 0) is 59.9 Å². The molecular weight excluding hydrogens is 324 g/mol. The molecule has 1 fully saturated rings. The van der Waals surface area contributed by atoms with E-state index in [4.69, 9.17) is 11.6 Å². The number of benzene rings is 1. The third-order valence-electron chi connectivity index (χ3n) is 4.27. The van der Waals surface area contributed by atoms with Crippen molar-refractivity contribution >= 4 is 33.2 Å². The number of hydrogen-bond donors (Lipinski definition) is 1. The van der Waals surface area contributed by atoms with E-state index in [0.717, 1.165) is 22.6 Å². The van der Waals surface area contributed by atoms with E-state index in [1.807, 2.05) is 6.07 Å². The van der Waals surface area contributed by atoms with Crippen LogP contribution in [0.3, 0.4) is 0 Å². The second-order valence-corrected chi connectivity index (χ2v) is 6.61. The lowest BCUT2D eigenvalue weighted by molar-refractivity contribution is 0.274. The van der Waals surface area contributed by atoms with Crippen LogP contribution in [-0.4, -0.2) is 25.2 Å². The molecule has 0 aliphatic carbocycles. The van der Waals surface area contributed by atoms with Crippen molar-refractivity contribution in [1.82, 2.24) is 5.32 Å². The van der Waals surface area contributed by atoms with Gasteiger partial charge in [-0.1, -0.05) is 25.4 Å². The van der Waals surface area contributed by atoms with Gasteiger partial charge in [0.2, 0.25) is 0 Å². The van der Waals surface area contributed by atoms with Crippen LogP contribution in [0.4, 0.5) is 5.69 Å². The number of hydrogen-bond acceptors (Lipinski definition) is 2. The number of nitrogens with one attached hydrogen (secondary N) is 1. The van der Waals surface area contributed by atoms with Crippen LogP contribution >= 0.6 is 27.5 Å². The van der Waals surface area contributed by atoms with Gasteiger partial charge in [-0.15, -0.1) is 0 Å². The van der Waals surface area contributed by atoms with Gasteiger partial charge in [0.25, 0.3) is 0 Å². The normalized spacial score (nSPS) is 27.6. The summed E-state index contributed by atoms with van der Waals surface area (Å²) in [6, 6.07) is 7.37. The molecule has 1 aromatic carbocycles. The van der Waals surface area contributed by atoms with Crippen LogP contribution in [0.1, 0.15) is 27.2 Å². The molecule has 1 N–H and O–H groups in total. The van der Waals surface area contributed by atoms with Gasteiger partial charge < -0.3 is 10.2 Å². The van der Waals surface area contributed by atoms with Crippen molar-refractivity contribution in [3.8, 4) is 0 Å². The minimum Gasteiger partial charge on any atom is -0.368 e. The lowest BCUT2D eigenvalue weighted by atomic mass is 9.86. The fourth-order valence-corrected chi connectivity index (χ4v) is 3.43. The first-order valence-corrected chi connectivity index (χ1v) is 8.16. The Labute approximate surface area is 129 Å². The van der Waals surface area contributed by atoms with Crippen molar-refractivity contribution in [2.24, 2.45) is 5.92 Å². The van der Waals surface area contributed by atoms with E-state index in [-0.39, 0.29) is 0 Å². The first kappa shape index (κ1) is 15.1. The topological polar surface area (TPSA) is 15.3 Å². The minimum absolute atomic E-state index is 0.533. The maximum atomic E-state index is 6.07. The summed E-state index contributed by atoms with van der Waals surface area (Å²) in [5, 5.41) is 4.37. The van der Waals surface area contributed by atoms with Crippen molar-refractivity contribution in [2.75, 3.05) is 18.0 Å². The highest BCUT2D eigenvalue weighted by molar-refractivity contribution is 9.10. The molecule has 0 amide bonds. The highest BCUT2D eigenvalue weighted by atomic mass is 79.9. The number of nitrogens with zero attached hydrogens (tertiary/aromatic N) is 1. The SMILES string of the molecule is CCNC1CCN(c2ccc(Cl)c(Br)c2)C(C)C1C. The highest BCUT2D eigenvalue weighted by Gasteiger charge is 2.32. The zero-order chi connectivity index (χ0) is 14.0. The second kappa shape index (κ2) is 6.47. The number of halogens is 2. The van der Waals surface area contributed by atoms with E-state index in [1.165, 1.54) is 12.1 Å². The summed E-state index contributed by atoms with van der Waals surface area (Å²) in [5.74, 6) is 0.642. The molecule has 4 heteroatoms. The van der Waals surface area contributed by atoms with E-state index in [1.54, 1.807) is 0 Å². The van der Waals surface area contributed by atoms with Crippen LogP contribution < -0.4 is 10.2 Å². The average molecular weight is 346 g/mol. The van der Waals surface area contributed by atoms with Crippen molar-refractivity contribution in [1.29, 1.82) is 0 Å². The van der Waals surface area contributed by atoms with Gasteiger partial charge >= 0.3 is 0 Å². The van der Waals surface area contributed by atoms with Gasteiger partial charge in [-0.2, -0.15) is 0 Å². The molecule has 106 valence electrons. The summed E-state index contributed by atoms with van der Waals surface area (Å²) in [6.45, 7) is 8.98. The molecule has 0 bridgehead atoms. The van der Waals surface area contributed by atoms with Gasteiger partial charge in [0, 0.05) is 28.8 Å². The van der Waals surface area contributed by atoms with Crippen LogP contribution in [0.15, 0.2) is 22.7 Å². The second-order valence-electron chi connectivity index (χ2n) is 5.34. The molecule has 0 aromatic heterocycles. The van der Waals surface area contributed by atoms with E-state index in [9.17, 15) is 0 Å². The van der Waals surface area contributed by atoms with E-state index in [2.05, 4.69) is 59.1 Å². The van der Waals surface area contributed by atoms with Crippen LogP contribution in [-0.2, 0) is 0 Å². The van der Waals surface area contributed by atoms with E-state index < -0.39 is 0 Å². The summed E-state index contributed by atoms with van der Waals surface area (Å²) in [5.41, 5.74) is 1.26. The Balaban J connectivity index is 2.15. The van der Waals surface area contributed by atoms with Gasteiger partial charge in [0.1, 0.15) is 0 Å². The number of piperidine rings is 1. The van der Waals surface area contributed by atoms with Crippen molar-refractivity contribution in [3.63, 3.8) is 0 Å². The zero-order valence-electron chi connectivity index (χ0n) is 11.8. The van der Waals surface area contributed by atoms with Crippen LogP contribution in [0, 0.1) is 5.92 Å². The van der Waals surface area contributed by atoms with Gasteiger partial charge in [0.05, 0.1) is 5.02 Å². The van der Waals surface area contributed by atoms with Gasteiger partial charge in [-0.3, -0.25) is 0 Å². The molecule has 19 heavy (non-hydrogen) atoms. The molecule has 3 atom stereocenters. The Morgan fingerprint density at radius 2 is 2.16 bits per heavy atom. The lowest BCUT2D eigenvalue weighted by Crippen LogP contribution is -2.53. The Bertz CT molecular complexity index is 438. The van der Waals surface area contributed by atoms with Crippen molar-refractivity contribution < 1.29 is 0 Å². The average Bonchev–Trinajstić information content (AvgIpc) is 2.39. The molecular formula is C15H22BrClN2. The predicted molar refractivity (Wildman–Crippen MR) is 87.2 cm³/mol. The Kier molecular flexibility index (Phi) is 5.15. The summed E-state index contributed by atoms with van der Waals surface area (Å²) in [4.78, 5) is 2.49. The molecule has 0 radical (unpaired) electrons. The standard InChI is InChI=1S/C15H22BrClN2/c1-4-18-15-7-8-19(11(3)10(15)2)12-5-6-14(17)13(16)9-12/h5-6,9-11,15,18H,4,7-8H2,1-3H3. The van der Waals surface area contributed by atoms with Crippen molar-refractivity contribution in [2.45, 2.75) is 39.3 Å². The Morgan fingerprint density at radius 1 is 1.42 bits per heavy atom. The monoisotopic (exact) mass is 344 g/mol. The van der Waals surface area contributed by atoms with Crippen LogP contribution in [0.2, 0.25) is 5.02 Å². The molecule has 2 nitrogen and oxygen atoms in total. The fourth-order valence-electron chi connectivity index (χ4n) is 2.94. The van der Waals surface area contributed by atoms with Gasteiger partial charge in [0.15, 0.2) is 0 Å². The van der Waals surface area contributed by atoms with Crippen LogP contribution in [0.25, 0.3) is 0 Å². The molecule has 3 unspecified atom stereocenters. The van der Waals surface area contributed by atoms with E-state index >= 15 is 0 Å². The summed E-state index contributed by atoms with van der Waals surface area (Å²) in [7, 11) is 0. The van der Waals surface area contributed by atoms with E-state index in [0.29, 0.717) is 18.0 Å². The Hall–Kier alpha value is -0.250. The van der Waals surface area contributed by atoms with Gasteiger partial charge in [-0.25, -0.2) is 0 Å². The summed E-state index contributed by atoms with van der Waals surface area (Å²) in [6.07, 6.45) is 1.19. The molecule has 2 rings (SSSR count). The maximum absolute atomic E-state index is 6.07. The molecule has 1 aliphatic rings. The van der Waals surface area contributed by atoms with Crippen LogP contribution in [0.5, 0.6) is 0 Å². The third kappa shape index (κ3) is 3.26. The van der Waals surface area contributed by atoms with Crippen molar-refractivity contribution in [3.05, 3.63) is 27.7 Å². The first-order chi connectivity index (χ1) is 9.04. The molecule has 0 saturated carbocycles. The first-order valence-electron chi connectivity index (χ1n) is 6.99. The maximum Gasteiger partial charge on any atom is 0.0549 e. The molecule has 1 aliphatic heterocycles.